The molecule has 1 atom stereocenters. The van der Waals surface area contributed by atoms with Crippen molar-refractivity contribution >= 4 is 16.5 Å². The first-order valence-electron chi connectivity index (χ1n) is 7.56. The van der Waals surface area contributed by atoms with Crippen LogP contribution in [0.5, 0.6) is 5.88 Å². The first-order chi connectivity index (χ1) is 9.62. The average Bonchev–Trinajstić information content (AvgIpc) is 2.85. The van der Waals surface area contributed by atoms with E-state index in [2.05, 4.69) is 24.1 Å². The van der Waals surface area contributed by atoms with Crippen LogP contribution in [0, 0.1) is 0 Å². The van der Waals surface area contributed by atoms with E-state index in [-0.39, 0.29) is 0 Å². The molecule has 0 radical (unpaired) electrons. The molecule has 1 N–H and O–H groups in total. The summed E-state index contributed by atoms with van der Waals surface area (Å²) in [6.45, 7) is 5.35. The molecule has 0 saturated heterocycles. The summed E-state index contributed by atoms with van der Waals surface area (Å²) < 4.78 is 5.38. The summed E-state index contributed by atoms with van der Waals surface area (Å²) in [4.78, 5) is 7.71. The van der Waals surface area contributed by atoms with Crippen LogP contribution in [0.4, 0.5) is 5.13 Å². The smallest absolute Gasteiger partial charge is 0.230 e. The van der Waals surface area contributed by atoms with Crippen LogP contribution in [0.2, 0.25) is 0 Å². The Kier molecular flexibility index (Phi) is 7.92. The van der Waals surface area contributed by atoms with Crippen LogP contribution in [0.25, 0.3) is 0 Å². The van der Waals surface area contributed by atoms with Crippen molar-refractivity contribution in [2.75, 3.05) is 26.1 Å². The van der Waals surface area contributed by atoms with Gasteiger partial charge in [-0.15, -0.1) is 0 Å². The number of rotatable bonds is 10. The lowest BCUT2D eigenvalue weighted by Crippen LogP contribution is -2.28. The number of unbranched alkanes of at least 4 members (excludes halogenated alkanes) is 1. The molecule has 0 bridgehead atoms. The highest BCUT2D eigenvalue weighted by Gasteiger charge is 2.14. The monoisotopic (exact) mass is 299 g/mol. The Hall–Kier alpha value is -0.810. The maximum absolute atomic E-state index is 5.38. The van der Waals surface area contributed by atoms with E-state index < -0.39 is 0 Å². The molecule has 0 aromatic carbocycles. The van der Waals surface area contributed by atoms with E-state index in [1.165, 1.54) is 37.0 Å². The quantitative estimate of drug-likeness (QED) is 0.715. The highest BCUT2D eigenvalue weighted by Crippen LogP contribution is 2.30. The maximum Gasteiger partial charge on any atom is 0.230 e. The van der Waals surface area contributed by atoms with E-state index >= 15 is 0 Å². The zero-order chi connectivity index (χ0) is 15.0. The van der Waals surface area contributed by atoms with Crippen LogP contribution in [-0.4, -0.2) is 32.2 Å². The zero-order valence-electron chi connectivity index (χ0n) is 13.5. The predicted octanol–water partition coefficient (Wildman–Crippen LogP) is 3.67. The van der Waals surface area contributed by atoms with Crippen LogP contribution in [-0.2, 0) is 6.54 Å². The van der Waals surface area contributed by atoms with E-state index in [4.69, 9.17) is 4.74 Å². The Morgan fingerprint density at radius 1 is 1.25 bits per heavy atom. The molecule has 0 spiro atoms. The van der Waals surface area contributed by atoms with Crippen molar-refractivity contribution in [3.05, 3.63) is 4.88 Å². The molecule has 0 aliphatic carbocycles. The number of hydrogen-bond donors (Lipinski definition) is 1. The summed E-state index contributed by atoms with van der Waals surface area (Å²) in [7, 11) is 5.71. The van der Waals surface area contributed by atoms with Gasteiger partial charge >= 0.3 is 0 Å². The average molecular weight is 299 g/mol. The van der Waals surface area contributed by atoms with Crippen molar-refractivity contribution in [1.82, 2.24) is 10.3 Å². The van der Waals surface area contributed by atoms with E-state index in [1.807, 2.05) is 19.0 Å². The predicted molar refractivity (Wildman–Crippen MR) is 88.1 cm³/mol. The van der Waals surface area contributed by atoms with Gasteiger partial charge in [0.1, 0.15) is 0 Å². The third-order valence-corrected chi connectivity index (χ3v) is 4.53. The van der Waals surface area contributed by atoms with Crippen molar-refractivity contribution < 1.29 is 4.74 Å². The van der Waals surface area contributed by atoms with E-state index in [0.29, 0.717) is 6.04 Å². The minimum atomic E-state index is 0.606. The van der Waals surface area contributed by atoms with Crippen LogP contribution < -0.4 is 15.0 Å². The maximum atomic E-state index is 5.38. The van der Waals surface area contributed by atoms with Gasteiger partial charge in [0.2, 0.25) is 5.88 Å². The number of nitrogens with one attached hydrogen (secondary N) is 1. The van der Waals surface area contributed by atoms with Crippen LogP contribution in [0.1, 0.15) is 50.8 Å². The number of anilines is 1. The second kappa shape index (κ2) is 9.19. The highest BCUT2D eigenvalue weighted by atomic mass is 32.1. The Balaban J connectivity index is 2.61. The number of hydrogen-bond acceptors (Lipinski definition) is 5. The fourth-order valence-corrected chi connectivity index (χ4v) is 3.08. The molecule has 1 heterocycles. The minimum Gasteiger partial charge on any atom is -0.480 e. The SMILES string of the molecule is CCCCC(CCC)NCc1sc(N(C)C)nc1OC. The number of nitrogens with zero attached hydrogens (tertiary/aromatic N) is 2. The number of aromatic nitrogens is 1. The molecule has 1 rings (SSSR count). The van der Waals surface area contributed by atoms with E-state index in [1.54, 1.807) is 18.4 Å². The van der Waals surface area contributed by atoms with Gasteiger partial charge < -0.3 is 15.0 Å². The summed E-state index contributed by atoms with van der Waals surface area (Å²) in [6, 6.07) is 0.606. The molecule has 0 saturated carbocycles. The fourth-order valence-electron chi connectivity index (χ4n) is 2.17. The third kappa shape index (κ3) is 5.29. The first-order valence-corrected chi connectivity index (χ1v) is 8.38. The van der Waals surface area contributed by atoms with E-state index in [0.717, 1.165) is 17.6 Å². The first kappa shape index (κ1) is 17.2. The molecule has 0 aliphatic rings. The second-order valence-corrected chi connectivity index (χ2v) is 6.39. The standard InChI is InChI=1S/C15H29N3OS/c1-6-8-10-12(9-7-2)16-11-13-14(19-5)17-15(20-13)18(3)4/h12,16H,6-11H2,1-5H3. The van der Waals surface area contributed by atoms with Crippen molar-refractivity contribution in [3.63, 3.8) is 0 Å². The van der Waals surface area contributed by atoms with Crippen LogP contribution in [0.3, 0.4) is 0 Å². The number of ether oxygens (including phenoxy) is 1. The van der Waals surface area contributed by atoms with Gasteiger partial charge in [-0.3, -0.25) is 0 Å². The largest absolute Gasteiger partial charge is 0.480 e. The van der Waals surface area contributed by atoms with Gasteiger partial charge in [-0.25, -0.2) is 0 Å². The zero-order valence-corrected chi connectivity index (χ0v) is 14.3. The third-order valence-electron chi connectivity index (χ3n) is 3.32. The summed E-state index contributed by atoms with van der Waals surface area (Å²) in [5, 5.41) is 4.67. The van der Waals surface area contributed by atoms with E-state index in [9.17, 15) is 0 Å². The molecule has 0 aliphatic heterocycles. The molecule has 5 heteroatoms. The van der Waals surface area contributed by atoms with Gasteiger partial charge in [-0.2, -0.15) is 4.98 Å². The number of methoxy groups -OCH3 is 1. The van der Waals surface area contributed by atoms with Crippen molar-refractivity contribution in [3.8, 4) is 5.88 Å². The lowest BCUT2D eigenvalue weighted by atomic mass is 10.1. The molecule has 1 aromatic rings. The summed E-state index contributed by atoms with van der Waals surface area (Å²) in [5.41, 5.74) is 0. The van der Waals surface area contributed by atoms with Crippen molar-refractivity contribution in [2.45, 2.75) is 58.5 Å². The summed E-state index contributed by atoms with van der Waals surface area (Å²) in [5.74, 6) is 0.761. The second-order valence-electron chi connectivity index (χ2n) is 5.33. The highest BCUT2D eigenvalue weighted by molar-refractivity contribution is 7.15. The topological polar surface area (TPSA) is 37.4 Å². The number of thiazole rings is 1. The van der Waals surface area contributed by atoms with Gasteiger partial charge in [-0.05, 0) is 12.8 Å². The lowest BCUT2D eigenvalue weighted by Gasteiger charge is -2.17. The molecule has 0 fully saturated rings. The van der Waals surface area contributed by atoms with Gasteiger partial charge in [0.15, 0.2) is 5.13 Å². The fraction of sp³-hybridized carbons (Fsp3) is 0.800. The molecular formula is C15H29N3OS. The Labute approximate surface area is 127 Å². The minimum absolute atomic E-state index is 0.606. The molecule has 1 aromatic heterocycles. The molecule has 116 valence electrons. The summed E-state index contributed by atoms with van der Waals surface area (Å²) in [6.07, 6.45) is 6.27. The van der Waals surface area contributed by atoms with Gasteiger partial charge in [0.25, 0.3) is 0 Å². The summed E-state index contributed by atoms with van der Waals surface area (Å²) >= 11 is 1.70. The van der Waals surface area contributed by atoms with Crippen LogP contribution >= 0.6 is 11.3 Å². The van der Waals surface area contributed by atoms with Gasteiger partial charge in [0, 0.05) is 26.7 Å². The van der Waals surface area contributed by atoms with Gasteiger partial charge in [-0.1, -0.05) is 44.4 Å². The normalized spacial score (nSPS) is 12.4. The van der Waals surface area contributed by atoms with Crippen molar-refractivity contribution in [2.24, 2.45) is 0 Å². The van der Waals surface area contributed by atoms with Gasteiger partial charge in [0.05, 0.1) is 12.0 Å². The molecule has 20 heavy (non-hydrogen) atoms. The Bertz CT molecular complexity index is 379. The molecule has 1 unspecified atom stereocenters. The Morgan fingerprint density at radius 3 is 2.55 bits per heavy atom. The van der Waals surface area contributed by atoms with Crippen LogP contribution in [0.15, 0.2) is 0 Å². The molecule has 4 nitrogen and oxygen atoms in total. The molecular weight excluding hydrogens is 270 g/mol. The molecule has 0 amide bonds. The van der Waals surface area contributed by atoms with Crippen molar-refractivity contribution in [1.29, 1.82) is 0 Å². The Morgan fingerprint density at radius 2 is 2.00 bits per heavy atom. The lowest BCUT2D eigenvalue weighted by molar-refractivity contribution is 0.388.